The van der Waals surface area contributed by atoms with Crippen LogP contribution in [0.5, 0.6) is 0 Å². The standard InChI is InChI=1S/C27H30N2O6/c1-2-3-10-17-34-26(32)28-16-9-8-15-24(25(30)31)29-27(33)35-18-23-21-13-6-4-11-19(21)20-12-5-7-14-22(20)23/h1,4-7,11-14,23-24H,3,8-10,15-18H2,(H,28,32)(H,29,33)(H,30,31)/t24-/m0/s1. The highest BCUT2D eigenvalue weighted by atomic mass is 16.6. The molecule has 1 atom stereocenters. The fourth-order valence-corrected chi connectivity index (χ4v) is 4.09. The summed E-state index contributed by atoms with van der Waals surface area (Å²) in [7, 11) is 0. The zero-order valence-corrected chi connectivity index (χ0v) is 19.5. The summed E-state index contributed by atoms with van der Waals surface area (Å²) in [6, 6.07) is 14.9. The third-order valence-electron chi connectivity index (χ3n) is 5.82. The van der Waals surface area contributed by atoms with Crippen molar-refractivity contribution in [2.75, 3.05) is 19.8 Å². The lowest BCUT2D eigenvalue weighted by Crippen LogP contribution is -2.41. The number of benzene rings is 2. The number of rotatable bonds is 12. The van der Waals surface area contributed by atoms with Gasteiger partial charge in [0.15, 0.2) is 0 Å². The predicted molar refractivity (Wildman–Crippen MR) is 131 cm³/mol. The Labute approximate surface area is 205 Å². The van der Waals surface area contributed by atoms with Gasteiger partial charge in [0.05, 0.1) is 6.61 Å². The fourth-order valence-electron chi connectivity index (χ4n) is 4.09. The number of ether oxygens (including phenoxy) is 2. The molecule has 1 aliphatic carbocycles. The summed E-state index contributed by atoms with van der Waals surface area (Å²) in [5.74, 6) is 1.22. The number of aliphatic carboxylic acids is 1. The normalized spacial score (nSPS) is 12.5. The summed E-state index contributed by atoms with van der Waals surface area (Å²) >= 11 is 0. The minimum absolute atomic E-state index is 0.103. The van der Waals surface area contributed by atoms with Crippen LogP contribution in [-0.2, 0) is 14.3 Å². The van der Waals surface area contributed by atoms with Gasteiger partial charge in [-0.25, -0.2) is 14.4 Å². The van der Waals surface area contributed by atoms with Crippen molar-refractivity contribution in [3.8, 4) is 23.5 Å². The Hall–Kier alpha value is -3.99. The van der Waals surface area contributed by atoms with Crippen molar-refractivity contribution in [3.05, 3.63) is 59.7 Å². The molecule has 8 heteroatoms. The zero-order valence-electron chi connectivity index (χ0n) is 19.5. The molecule has 2 aromatic carbocycles. The van der Waals surface area contributed by atoms with Gasteiger partial charge in [0.2, 0.25) is 0 Å². The lowest BCUT2D eigenvalue weighted by Gasteiger charge is -2.17. The van der Waals surface area contributed by atoms with Crippen LogP contribution in [0, 0.1) is 12.3 Å². The third-order valence-corrected chi connectivity index (χ3v) is 5.82. The maximum atomic E-state index is 12.4. The van der Waals surface area contributed by atoms with Crippen LogP contribution >= 0.6 is 0 Å². The van der Waals surface area contributed by atoms with E-state index in [0.29, 0.717) is 32.2 Å². The average molecular weight is 479 g/mol. The SMILES string of the molecule is C#CCCCOC(=O)NCCCC[C@H](NC(=O)OCC1c2ccccc2-c2ccccc21)C(=O)O. The Morgan fingerprint density at radius 2 is 1.60 bits per heavy atom. The van der Waals surface area contributed by atoms with Crippen molar-refractivity contribution in [2.45, 2.75) is 44.1 Å². The molecule has 0 unspecified atom stereocenters. The van der Waals surface area contributed by atoms with Crippen molar-refractivity contribution in [1.82, 2.24) is 10.6 Å². The van der Waals surface area contributed by atoms with Crippen LogP contribution in [0.2, 0.25) is 0 Å². The molecule has 0 saturated heterocycles. The molecular weight excluding hydrogens is 448 g/mol. The van der Waals surface area contributed by atoms with Crippen molar-refractivity contribution in [3.63, 3.8) is 0 Å². The van der Waals surface area contributed by atoms with Gasteiger partial charge in [-0.05, 0) is 47.9 Å². The molecule has 0 radical (unpaired) electrons. The number of nitrogens with one attached hydrogen (secondary N) is 2. The molecule has 1 aliphatic rings. The van der Waals surface area contributed by atoms with E-state index >= 15 is 0 Å². The number of terminal acetylenes is 1. The monoisotopic (exact) mass is 478 g/mol. The molecule has 3 N–H and O–H groups in total. The maximum absolute atomic E-state index is 12.4. The molecule has 0 bridgehead atoms. The first-order chi connectivity index (χ1) is 17.0. The minimum Gasteiger partial charge on any atom is -0.480 e. The fraction of sp³-hybridized carbons (Fsp3) is 0.370. The summed E-state index contributed by atoms with van der Waals surface area (Å²) in [6.45, 7) is 0.700. The van der Waals surface area contributed by atoms with Crippen molar-refractivity contribution >= 4 is 18.2 Å². The van der Waals surface area contributed by atoms with Crippen LogP contribution in [0.25, 0.3) is 11.1 Å². The van der Waals surface area contributed by atoms with E-state index < -0.39 is 24.2 Å². The van der Waals surface area contributed by atoms with Gasteiger partial charge in [-0.3, -0.25) is 0 Å². The van der Waals surface area contributed by atoms with E-state index in [9.17, 15) is 19.5 Å². The van der Waals surface area contributed by atoms with Gasteiger partial charge in [-0.2, -0.15) is 0 Å². The second kappa shape index (κ2) is 13.0. The van der Waals surface area contributed by atoms with Crippen LogP contribution < -0.4 is 10.6 Å². The first-order valence-electron chi connectivity index (χ1n) is 11.7. The number of amides is 2. The van der Waals surface area contributed by atoms with Gasteiger partial charge in [-0.1, -0.05) is 48.5 Å². The number of unbranched alkanes of at least 4 members (excludes halogenated alkanes) is 2. The molecule has 2 amide bonds. The van der Waals surface area contributed by atoms with Gasteiger partial charge in [0, 0.05) is 18.9 Å². The quantitative estimate of drug-likeness (QED) is 0.310. The average Bonchev–Trinajstić information content (AvgIpc) is 3.18. The summed E-state index contributed by atoms with van der Waals surface area (Å²) < 4.78 is 10.4. The largest absolute Gasteiger partial charge is 0.480 e. The number of hydrogen-bond acceptors (Lipinski definition) is 5. The van der Waals surface area contributed by atoms with E-state index in [-0.39, 0.29) is 25.6 Å². The second-order valence-corrected chi connectivity index (χ2v) is 8.23. The van der Waals surface area contributed by atoms with E-state index in [0.717, 1.165) is 22.3 Å². The molecule has 0 fully saturated rings. The number of carbonyl (C=O) groups excluding carboxylic acids is 2. The Morgan fingerprint density at radius 1 is 0.943 bits per heavy atom. The van der Waals surface area contributed by atoms with Gasteiger partial charge in [0.1, 0.15) is 12.6 Å². The van der Waals surface area contributed by atoms with Crippen LogP contribution in [0.4, 0.5) is 9.59 Å². The Kier molecular flexibility index (Phi) is 9.55. The van der Waals surface area contributed by atoms with Gasteiger partial charge in [-0.15, -0.1) is 12.3 Å². The number of carbonyl (C=O) groups is 3. The summed E-state index contributed by atoms with van der Waals surface area (Å²) in [6.07, 6.45) is 6.20. The number of hydrogen-bond donors (Lipinski definition) is 3. The molecule has 0 spiro atoms. The lowest BCUT2D eigenvalue weighted by atomic mass is 9.98. The highest BCUT2D eigenvalue weighted by Gasteiger charge is 2.29. The number of fused-ring (bicyclic) bond motifs is 3. The van der Waals surface area contributed by atoms with Gasteiger partial charge >= 0.3 is 18.2 Å². The number of alkyl carbamates (subject to hydrolysis) is 2. The first-order valence-corrected chi connectivity index (χ1v) is 11.7. The third kappa shape index (κ3) is 7.24. The topological polar surface area (TPSA) is 114 Å². The summed E-state index contributed by atoms with van der Waals surface area (Å²) in [5.41, 5.74) is 4.40. The molecule has 0 aliphatic heterocycles. The zero-order chi connectivity index (χ0) is 25.0. The van der Waals surface area contributed by atoms with E-state index in [2.05, 4.69) is 16.6 Å². The van der Waals surface area contributed by atoms with E-state index in [4.69, 9.17) is 15.9 Å². The van der Waals surface area contributed by atoms with Gasteiger partial charge in [0.25, 0.3) is 0 Å². The van der Waals surface area contributed by atoms with Crippen LogP contribution in [0.15, 0.2) is 48.5 Å². The molecule has 0 aromatic heterocycles. The minimum atomic E-state index is -1.14. The smallest absolute Gasteiger partial charge is 0.407 e. The Morgan fingerprint density at radius 3 is 2.23 bits per heavy atom. The highest BCUT2D eigenvalue weighted by molar-refractivity contribution is 5.81. The van der Waals surface area contributed by atoms with E-state index in [1.807, 2.05) is 48.5 Å². The Balaban J connectivity index is 1.41. The van der Waals surface area contributed by atoms with E-state index in [1.54, 1.807) is 0 Å². The molecule has 0 heterocycles. The lowest BCUT2D eigenvalue weighted by molar-refractivity contribution is -0.139. The van der Waals surface area contributed by atoms with Crippen LogP contribution in [0.3, 0.4) is 0 Å². The van der Waals surface area contributed by atoms with E-state index in [1.165, 1.54) is 0 Å². The van der Waals surface area contributed by atoms with Crippen molar-refractivity contribution in [2.24, 2.45) is 0 Å². The molecule has 35 heavy (non-hydrogen) atoms. The second-order valence-electron chi connectivity index (χ2n) is 8.23. The van der Waals surface area contributed by atoms with Crippen LogP contribution in [-0.4, -0.2) is 49.1 Å². The van der Waals surface area contributed by atoms with Crippen molar-refractivity contribution in [1.29, 1.82) is 0 Å². The van der Waals surface area contributed by atoms with Gasteiger partial charge < -0.3 is 25.2 Å². The summed E-state index contributed by atoms with van der Waals surface area (Å²) in [5, 5.41) is 14.5. The number of carboxylic acids is 1. The number of carboxylic acid groups (broad SMARTS) is 1. The maximum Gasteiger partial charge on any atom is 0.407 e. The molecule has 0 saturated carbocycles. The molecular formula is C27H30N2O6. The van der Waals surface area contributed by atoms with Crippen molar-refractivity contribution < 1.29 is 29.0 Å². The first kappa shape index (κ1) is 25.6. The summed E-state index contributed by atoms with van der Waals surface area (Å²) in [4.78, 5) is 35.5. The molecule has 3 rings (SSSR count). The molecule has 2 aromatic rings. The predicted octanol–water partition coefficient (Wildman–Crippen LogP) is 4.29. The molecule has 8 nitrogen and oxygen atoms in total. The Bertz CT molecular complexity index is 1030. The highest BCUT2D eigenvalue weighted by Crippen LogP contribution is 2.44. The van der Waals surface area contributed by atoms with Crippen LogP contribution in [0.1, 0.15) is 49.1 Å². The molecule has 184 valence electrons.